The molecule has 2 aromatic rings. The van der Waals surface area contributed by atoms with Crippen LogP contribution in [0.3, 0.4) is 0 Å². The van der Waals surface area contributed by atoms with Gasteiger partial charge in [0, 0.05) is 12.7 Å². The molecule has 0 spiro atoms. The van der Waals surface area contributed by atoms with Crippen LogP contribution in [0.25, 0.3) is 6.08 Å². The highest BCUT2D eigenvalue weighted by atomic mass is 35.5. The Morgan fingerprint density at radius 3 is 2.86 bits per heavy atom. The van der Waals surface area contributed by atoms with Gasteiger partial charge in [-0.1, -0.05) is 54.1 Å². The summed E-state index contributed by atoms with van der Waals surface area (Å²) in [4.78, 5) is 15.2. The molecule has 1 aromatic carbocycles. The topological polar surface area (TPSA) is 51.2 Å². The van der Waals surface area contributed by atoms with E-state index in [1.54, 1.807) is 12.2 Å². The second kappa shape index (κ2) is 8.14. The maximum Gasteiger partial charge on any atom is 0.407 e. The zero-order valence-electron chi connectivity index (χ0n) is 11.6. The molecule has 1 heterocycles. The highest BCUT2D eigenvalue weighted by Crippen LogP contribution is 2.12. The minimum Gasteiger partial charge on any atom is -0.445 e. The second-order valence-corrected chi connectivity index (χ2v) is 4.74. The Morgan fingerprint density at radius 1 is 1.36 bits per heavy atom. The first kappa shape index (κ1) is 16.0. The number of aromatic nitrogens is 1. The Balaban J connectivity index is 1.72. The predicted octanol–water partition coefficient (Wildman–Crippen LogP) is 3.81. The Hall–Kier alpha value is -2.40. The predicted molar refractivity (Wildman–Crippen MR) is 82.9 cm³/mol. The van der Waals surface area contributed by atoms with E-state index in [-0.39, 0.29) is 18.3 Å². The molecular weight excluding hydrogens is 307 g/mol. The summed E-state index contributed by atoms with van der Waals surface area (Å²) in [5, 5.41) is 2.39. The van der Waals surface area contributed by atoms with Gasteiger partial charge in [0.05, 0.1) is 0 Å². The van der Waals surface area contributed by atoms with Crippen LogP contribution in [0.4, 0.5) is 9.18 Å². The lowest BCUT2D eigenvalue weighted by Crippen LogP contribution is -2.24. The maximum absolute atomic E-state index is 13.2. The van der Waals surface area contributed by atoms with Gasteiger partial charge in [0.2, 0.25) is 0 Å². The molecule has 2 rings (SSSR count). The van der Waals surface area contributed by atoms with E-state index in [0.717, 1.165) is 5.56 Å². The number of ether oxygens (including phenoxy) is 1. The quantitative estimate of drug-likeness (QED) is 0.852. The molecule has 4 nitrogen and oxygen atoms in total. The molecule has 0 aliphatic heterocycles. The third kappa shape index (κ3) is 5.18. The van der Waals surface area contributed by atoms with Crippen LogP contribution in [-0.4, -0.2) is 17.6 Å². The molecule has 114 valence electrons. The van der Waals surface area contributed by atoms with Crippen molar-refractivity contribution in [1.82, 2.24) is 10.3 Å². The molecule has 1 aromatic heterocycles. The number of nitrogens with one attached hydrogen (secondary N) is 1. The van der Waals surface area contributed by atoms with Crippen LogP contribution in [0.2, 0.25) is 5.15 Å². The van der Waals surface area contributed by atoms with E-state index < -0.39 is 11.9 Å². The van der Waals surface area contributed by atoms with Crippen molar-refractivity contribution in [3.8, 4) is 0 Å². The lowest BCUT2D eigenvalue weighted by molar-refractivity contribution is 0.141. The van der Waals surface area contributed by atoms with Crippen molar-refractivity contribution < 1.29 is 13.9 Å². The first-order valence-corrected chi connectivity index (χ1v) is 6.95. The van der Waals surface area contributed by atoms with Gasteiger partial charge in [0.25, 0.3) is 0 Å². The number of pyridine rings is 1. The van der Waals surface area contributed by atoms with Crippen molar-refractivity contribution in [1.29, 1.82) is 0 Å². The summed E-state index contributed by atoms with van der Waals surface area (Å²) in [6.45, 7) is 0.473. The van der Waals surface area contributed by atoms with Gasteiger partial charge in [-0.15, -0.1) is 0 Å². The van der Waals surface area contributed by atoms with E-state index in [1.165, 1.54) is 12.3 Å². The van der Waals surface area contributed by atoms with E-state index in [4.69, 9.17) is 16.3 Å². The molecule has 0 bridgehead atoms. The SMILES string of the molecule is O=C(NCC=Cc1cnc(Cl)c(F)c1)OCc1ccccc1. The molecular formula is C16H14ClFN2O2. The Morgan fingerprint density at radius 2 is 2.14 bits per heavy atom. The van der Waals surface area contributed by atoms with Crippen LogP contribution in [0.1, 0.15) is 11.1 Å². The van der Waals surface area contributed by atoms with Gasteiger partial charge in [-0.25, -0.2) is 14.2 Å². The number of benzene rings is 1. The summed E-state index contributed by atoms with van der Waals surface area (Å²) in [6, 6.07) is 10.6. The normalized spacial score (nSPS) is 10.6. The van der Waals surface area contributed by atoms with Crippen LogP contribution in [0.15, 0.2) is 48.7 Å². The summed E-state index contributed by atoms with van der Waals surface area (Å²) >= 11 is 5.49. The Kier molecular flexibility index (Phi) is 5.91. The van der Waals surface area contributed by atoms with E-state index in [1.807, 2.05) is 30.3 Å². The summed E-state index contributed by atoms with van der Waals surface area (Å²) in [5.74, 6) is -0.584. The zero-order valence-corrected chi connectivity index (χ0v) is 12.4. The molecule has 0 saturated heterocycles. The van der Waals surface area contributed by atoms with Gasteiger partial charge in [-0.2, -0.15) is 0 Å². The second-order valence-electron chi connectivity index (χ2n) is 4.39. The Labute approximate surface area is 132 Å². The smallest absolute Gasteiger partial charge is 0.407 e. The first-order valence-electron chi connectivity index (χ1n) is 6.57. The number of amides is 1. The number of halogens is 2. The highest BCUT2D eigenvalue weighted by Gasteiger charge is 2.01. The van der Waals surface area contributed by atoms with E-state index in [0.29, 0.717) is 5.56 Å². The third-order valence-electron chi connectivity index (χ3n) is 2.70. The van der Waals surface area contributed by atoms with Crippen LogP contribution in [0, 0.1) is 5.82 Å². The van der Waals surface area contributed by atoms with Crippen molar-refractivity contribution in [2.45, 2.75) is 6.61 Å². The van der Waals surface area contributed by atoms with Crippen LogP contribution in [-0.2, 0) is 11.3 Å². The highest BCUT2D eigenvalue weighted by molar-refractivity contribution is 6.29. The maximum atomic E-state index is 13.2. The van der Waals surface area contributed by atoms with Crippen LogP contribution < -0.4 is 5.32 Å². The lowest BCUT2D eigenvalue weighted by Gasteiger charge is -2.05. The van der Waals surface area contributed by atoms with Gasteiger partial charge in [0.1, 0.15) is 6.61 Å². The van der Waals surface area contributed by atoms with Gasteiger partial charge in [-0.3, -0.25) is 0 Å². The summed E-state index contributed by atoms with van der Waals surface area (Å²) < 4.78 is 18.2. The van der Waals surface area contributed by atoms with Crippen molar-refractivity contribution >= 4 is 23.8 Å². The molecule has 1 N–H and O–H groups in total. The molecule has 0 saturated carbocycles. The van der Waals surface area contributed by atoms with Crippen molar-refractivity contribution in [3.63, 3.8) is 0 Å². The number of carbonyl (C=O) groups is 1. The van der Waals surface area contributed by atoms with E-state index >= 15 is 0 Å². The lowest BCUT2D eigenvalue weighted by atomic mass is 10.2. The van der Waals surface area contributed by atoms with Crippen molar-refractivity contribution in [2.75, 3.05) is 6.54 Å². The largest absolute Gasteiger partial charge is 0.445 e. The number of alkyl carbamates (subject to hydrolysis) is 1. The van der Waals surface area contributed by atoms with Crippen molar-refractivity contribution in [3.05, 3.63) is 70.8 Å². The van der Waals surface area contributed by atoms with Crippen LogP contribution in [0.5, 0.6) is 0 Å². The molecule has 0 aliphatic rings. The summed E-state index contributed by atoms with van der Waals surface area (Å²) in [7, 11) is 0. The first-order chi connectivity index (χ1) is 10.6. The van der Waals surface area contributed by atoms with Crippen LogP contribution >= 0.6 is 11.6 Å². The fourth-order valence-electron chi connectivity index (χ4n) is 1.64. The molecule has 0 radical (unpaired) electrons. The number of rotatable bonds is 5. The summed E-state index contributed by atoms with van der Waals surface area (Å²) in [5.41, 5.74) is 1.47. The molecule has 6 heteroatoms. The number of carbonyl (C=O) groups excluding carboxylic acids is 1. The van der Waals surface area contributed by atoms with Gasteiger partial charge in [0.15, 0.2) is 11.0 Å². The molecule has 0 aliphatic carbocycles. The minimum absolute atomic E-state index is 0.167. The van der Waals surface area contributed by atoms with Gasteiger partial charge < -0.3 is 10.1 Å². The van der Waals surface area contributed by atoms with Gasteiger partial charge in [-0.05, 0) is 17.2 Å². The third-order valence-corrected chi connectivity index (χ3v) is 2.98. The number of hydrogen-bond donors (Lipinski definition) is 1. The van der Waals surface area contributed by atoms with E-state index in [9.17, 15) is 9.18 Å². The fourth-order valence-corrected chi connectivity index (χ4v) is 1.74. The molecule has 0 atom stereocenters. The van der Waals surface area contributed by atoms with Gasteiger partial charge >= 0.3 is 6.09 Å². The number of nitrogens with zero attached hydrogens (tertiary/aromatic N) is 1. The molecule has 1 amide bonds. The van der Waals surface area contributed by atoms with E-state index in [2.05, 4.69) is 10.3 Å². The summed E-state index contributed by atoms with van der Waals surface area (Å²) in [6.07, 6.45) is 4.21. The zero-order chi connectivity index (χ0) is 15.8. The average Bonchev–Trinajstić information content (AvgIpc) is 2.54. The standard InChI is InChI=1S/C16H14ClFN2O2/c17-15-14(18)9-13(10-20-15)7-4-8-19-16(21)22-11-12-5-2-1-3-6-12/h1-7,9-10H,8,11H2,(H,19,21). The Bertz CT molecular complexity index is 662. The monoisotopic (exact) mass is 320 g/mol. The fraction of sp³-hybridized carbons (Fsp3) is 0.125. The minimum atomic E-state index is -0.584. The molecule has 0 fully saturated rings. The molecule has 0 unspecified atom stereocenters. The molecule has 22 heavy (non-hydrogen) atoms. The van der Waals surface area contributed by atoms with Crippen molar-refractivity contribution in [2.24, 2.45) is 0 Å². The number of hydrogen-bond acceptors (Lipinski definition) is 3. The average molecular weight is 321 g/mol.